The number of sulfonamides is 1. The van der Waals surface area contributed by atoms with Crippen LogP contribution in [0.3, 0.4) is 0 Å². The molecular weight excluding hydrogens is 303 g/mol. The van der Waals surface area contributed by atoms with Gasteiger partial charge in [-0.1, -0.05) is 11.6 Å². The summed E-state index contributed by atoms with van der Waals surface area (Å²) >= 11 is 0. The maximum atomic E-state index is 13.5. The number of allylic oxidation sites excluding steroid dienone is 1. The van der Waals surface area contributed by atoms with E-state index in [1.165, 1.54) is 0 Å². The second-order valence-corrected chi connectivity index (χ2v) is 6.66. The average molecular weight is 319 g/mol. The van der Waals surface area contributed by atoms with E-state index in [0.717, 1.165) is 37.3 Å². The van der Waals surface area contributed by atoms with Crippen LogP contribution in [0.15, 0.2) is 28.7 Å². The minimum Gasteiger partial charge on any atom is -0.211 e. The molecular formula is C14H16F3NO2S. The molecule has 0 bridgehead atoms. The van der Waals surface area contributed by atoms with Crippen LogP contribution >= 0.6 is 0 Å². The van der Waals surface area contributed by atoms with Gasteiger partial charge >= 0.3 is 0 Å². The average Bonchev–Trinajstić information content (AvgIpc) is 2.45. The number of halogens is 3. The van der Waals surface area contributed by atoms with Crippen molar-refractivity contribution in [1.29, 1.82) is 0 Å². The molecule has 1 aliphatic carbocycles. The second kappa shape index (κ2) is 6.62. The van der Waals surface area contributed by atoms with Crippen LogP contribution in [-0.2, 0) is 10.0 Å². The number of benzene rings is 1. The molecule has 0 unspecified atom stereocenters. The van der Waals surface area contributed by atoms with Crippen molar-refractivity contribution in [2.45, 2.75) is 37.0 Å². The van der Waals surface area contributed by atoms with Crippen molar-refractivity contribution >= 4 is 10.0 Å². The van der Waals surface area contributed by atoms with Gasteiger partial charge in [-0.3, -0.25) is 0 Å². The first-order valence-corrected chi connectivity index (χ1v) is 8.21. The van der Waals surface area contributed by atoms with Crippen molar-refractivity contribution in [2.75, 3.05) is 6.54 Å². The molecule has 2 rings (SSSR count). The predicted molar refractivity (Wildman–Crippen MR) is 72.7 cm³/mol. The summed E-state index contributed by atoms with van der Waals surface area (Å²) < 4.78 is 65.4. The maximum absolute atomic E-state index is 13.5. The Hall–Kier alpha value is -1.34. The molecule has 21 heavy (non-hydrogen) atoms. The van der Waals surface area contributed by atoms with E-state index in [9.17, 15) is 21.6 Å². The molecule has 0 saturated heterocycles. The van der Waals surface area contributed by atoms with Crippen LogP contribution in [0.1, 0.15) is 32.1 Å². The first-order chi connectivity index (χ1) is 9.92. The first-order valence-electron chi connectivity index (χ1n) is 6.73. The van der Waals surface area contributed by atoms with Crippen LogP contribution in [0.25, 0.3) is 0 Å². The van der Waals surface area contributed by atoms with Crippen LogP contribution in [0.2, 0.25) is 0 Å². The minimum absolute atomic E-state index is 0.104. The van der Waals surface area contributed by atoms with E-state index in [0.29, 0.717) is 12.5 Å². The fourth-order valence-corrected chi connectivity index (χ4v) is 3.37. The van der Waals surface area contributed by atoms with Crippen molar-refractivity contribution in [1.82, 2.24) is 4.72 Å². The predicted octanol–water partition coefficient (Wildman–Crippen LogP) is 3.27. The first kappa shape index (κ1) is 16.0. The topological polar surface area (TPSA) is 46.2 Å². The second-order valence-electron chi connectivity index (χ2n) is 4.93. The molecule has 116 valence electrons. The monoisotopic (exact) mass is 319 g/mol. The standard InChI is InChI=1S/C14H16F3NO2S/c15-11-6-7-12(14(17)13(11)16)21(19,20)18-9-8-10-4-2-1-3-5-10/h4,6-7,18H,1-3,5,8-9H2. The smallest absolute Gasteiger partial charge is 0.211 e. The Labute approximate surface area is 121 Å². The molecule has 1 aromatic carbocycles. The van der Waals surface area contributed by atoms with Crippen molar-refractivity contribution < 1.29 is 21.6 Å². The van der Waals surface area contributed by atoms with Gasteiger partial charge in [0.25, 0.3) is 0 Å². The van der Waals surface area contributed by atoms with E-state index in [1.54, 1.807) is 0 Å². The third-order valence-corrected chi connectivity index (χ3v) is 4.89. The molecule has 0 spiro atoms. The Morgan fingerprint density at radius 1 is 1.10 bits per heavy atom. The van der Waals surface area contributed by atoms with Gasteiger partial charge in [-0.25, -0.2) is 26.3 Å². The molecule has 0 atom stereocenters. The third kappa shape index (κ3) is 3.85. The number of nitrogens with one attached hydrogen (secondary N) is 1. The fourth-order valence-electron chi connectivity index (χ4n) is 2.27. The Morgan fingerprint density at radius 2 is 1.86 bits per heavy atom. The van der Waals surface area contributed by atoms with Crippen LogP contribution in [0, 0.1) is 17.5 Å². The lowest BCUT2D eigenvalue weighted by molar-refractivity contribution is 0.431. The van der Waals surface area contributed by atoms with Gasteiger partial charge in [0.05, 0.1) is 0 Å². The van der Waals surface area contributed by atoms with E-state index < -0.39 is 32.4 Å². The summed E-state index contributed by atoms with van der Waals surface area (Å²) in [5.41, 5.74) is 1.16. The number of hydrogen-bond acceptors (Lipinski definition) is 2. The molecule has 0 saturated carbocycles. The lowest BCUT2D eigenvalue weighted by Gasteiger charge is -2.13. The van der Waals surface area contributed by atoms with E-state index in [1.807, 2.05) is 0 Å². The molecule has 7 heteroatoms. The molecule has 0 heterocycles. The number of rotatable bonds is 5. The summed E-state index contributed by atoms with van der Waals surface area (Å²) in [6.07, 6.45) is 6.74. The summed E-state index contributed by atoms with van der Waals surface area (Å²) in [6, 6.07) is 1.31. The summed E-state index contributed by atoms with van der Waals surface area (Å²) in [7, 11) is -4.19. The van der Waals surface area contributed by atoms with Gasteiger partial charge in [0, 0.05) is 6.54 Å². The van der Waals surface area contributed by atoms with Gasteiger partial charge in [-0.2, -0.15) is 0 Å². The highest BCUT2D eigenvalue weighted by Crippen LogP contribution is 2.21. The van der Waals surface area contributed by atoms with Crippen LogP contribution in [0.4, 0.5) is 13.2 Å². The van der Waals surface area contributed by atoms with E-state index in [-0.39, 0.29) is 6.54 Å². The summed E-state index contributed by atoms with van der Waals surface area (Å²) in [4.78, 5) is -0.876. The quantitative estimate of drug-likeness (QED) is 0.669. The van der Waals surface area contributed by atoms with Crippen molar-refractivity contribution in [3.8, 4) is 0 Å². The Balaban J connectivity index is 2.05. The Bertz CT molecular complexity index is 656. The van der Waals surface area contributed by atoms with Crippen LogP contribution < -0.4 is 4.72 Å². The molecule has 3 nitrogen and oxygen atoms in total. The molecule has 0 amide bonds. The minimum atomic E-state index is -4.19. The molecule has 1 aliphatic rings. The normalized spacial score (nSPS) is 15.9. The Morgan fingerprint density at radius 3 is 2.52 bits per heavy atom. The van der Waals surface area contributed by atoms with Crippen molar-refractivity contribution in [3.05, 3.63) is 41.2 Å². The van der Waals surface area contributed by atoms with Gasteiger partial charge in [-0.15, -0.1) is 0 Å². The highest BCUT2D eigenvalue weighted by molar-refractivity contribution is 7.89. The molecule has 0 radical (unpaired) electrons. The highest BCUT2D eigenvalue weighted by Gasteiger charge is 2.23. The maximum Gasteiger partial charge on any atom is 0.243 e. The molecule has 0 fully saturated rings. The van der Waals surface area contributed by atoms with Crippen molar-refractivity contribution in [2.24, 2.45) is 0 Å². The zero-order chi connectivity index (χ0) is 15.5. The fraction of sp³-hybridized carbons (Fsp3) is 0.429. The van der Waals surface area contributed by atoms with Crippen LogP contribution in [-0.4, -0.2) is 15.0 Å². The zero-order valence-electron chi connectivity index (χ0n) is 11.3. The molecule has 0 aromatic heterocycles. The molecule has 0 aliphatic heterocycles. The van der Waals surface area contributed by atoms with Gasteiger partial charge in [0.2, 0.25) is 10.0 Å². The summed E-state index contributed by atoms with van der Waals surface area (Å²) in [5, 5.41) is 0. The van der Waals surface area contributed by atoms with E-state index in [4.69, 9.17) is 0 Å². The lowest BCUT2D eigenvalue weighted by Crippen LogP contribution is -2.26. The molecule has 1 aromatic rings. The number of hydrogen-bond donors (Lipinski definition) is 1. The highest BCUT2D eigenvalue weighted by atomic mass is 32.2. The van der Waals surface area contributed by atoms with Gasteiger partial charge in [-0.05, 0) is 44.2 Å². The summed E-state index contributed by atoms with van der Waals surface area (Å²) in [5.74, 6) is -4.90. The largest absolute Gasteiger partial charge is 0.243 e. The molecule has 1 N–H and O–H groups in total. The lowest BCUT2D eigenvalue weighted by atomic mass is 9.97. The van der Waals surface area contributed by atoms with Gasteiger partial charge in [0.1, 0.15) is 4.90 Å². The van der Waals surface area contributed by atoms with Crippen LogP contribution in [0.5, 0.6) is 0 Å². The zero-order valence-corrected chi connectivity index (χ0v) is 12.1. The van der Waals surface area contributed by atoms with E-state index >= 15 is 0 Å². The van der Waals surface area contributed by atoms with Gasteiger partial charge in [0.15, 0.2) is 17.5 Å². The van der Waals surface area contributed by atoms with E-state index in [2.05, 4.69) is 10.8 Å². The third-order valence-electron chi connectivity index (χ3n) is 3.41. The van der Waals surface area contributed by atoms with Gasteiger partial charge < -0.3 is 0 Å². The summed E-state index contributed by atoms with van der Waals surface area (Å²) in [6.45, 7) is 0.104. The Kier molecular flexibility index (Phi) is 5.05. The SMILES string of the molecule is O=S(=O)(NCCC1=CCCCC1)c1ccc(F)c(F)c1F. The van der Waals surface area contributed by atoms with Crippen molar-refractivity contribution in [3.63, 3.8) is 0 Å².